The third-order valence-electron chi connectivity index (χ3n) is 1.94. The van der Waals surface area contributed by atoms with Gasteiger partial charge in [0.05, 0.1) is 6.61 Å². The predicted octanol–water partition coefficient (Wildman–Crippen LogP) is 0.570. The van der Waals surface area contributed by atoms with Gasteiger partial charge in [0.2, 0.25) is 8.02 Å². The number of nitrogens with zero attached hydrogens (tertiary/aromatic N) is 2. The minimum Gasteiger partial charge on any atom is -0.333 e. The average Bonchev–Trinajstić information content (AvgIpc) is 2.19. The maximum atomic E-state index is 9.97. The monoisotopic (exact) mass is 179 g/mol. The van der Waals surface area contributed by atoms with Crippen LogP contribution in [0.4, 0.5) is 0 Å². The van der Waals surface area contributed by atoms with Crippen LogP contribution in [0.15, 0.2) is 0 Å². The van der Waals surface area contributed by atoms with Gasteiger partial charge in [-0.1, -0.05) is 0 Å². The van der Waals surface area contributed by atoms with Crippen LogP contribution in [0.1, 0.15) is 6.92 Å². The first-order valence-electron chi connectivity index (χ1n) is 3.81. The first-order valence-corrected chi connectivity index (χ1v) is 5.37. The molecule has 0 aromatic carbocycles. The molecule has 1 heterocycles. The lowest BCUT2D eigenvalue weighted by Crippen LogP contribution is -2.21. The normalized spacial score (nSPS) is 26.2. The average molecular weight is 179 g/mol. The van der Waals surface area contributed by atoms with E-state index in [0.717, 1.165) is 13.1 Å². The number of rotatable bonds is 2. The molecule has 0 aromatic heterocycles. The van der Waals surface area contributed by atoms with Crippen LogP contribution in [0.25, 0.3) is 0 Å². The van der Waals surface area contributed by atoms with Gasteiger partial charge < -0.3 is 9.42 Å². The van der Waals surface area contributed by atoms with Crippen LogP contribution in [0, 0.1) is 0 Å². The van der Waals surface area contributed by atoms with E-state index in [-0.39, 0.29) is 0 Å². The topological polar surface area (TPSA) is 35.9 Å². The van der Waals surface area contributed by atoms with Crippen molar-refractivity contribution in [1.82, 2.24) is 9.34 Å². The fourth-order valence-electron chi connectivity index (χ4n) is 1.18. The summed E-state index contributed by atoms with van der Waals surface area (Å²) in [4.78, 5) is 9.97. The van der Waals surface area contributed by atoms with E-state index in [2.05, 4.69) is 0 Å². The Labute approximate surface area is 68.4 Å². The maximum Gasteiger partial charge on any atom is 0.246 e. The second-order valence-electron chi connectivity index (χ2n) is 2.69. The van der Waals surface area contributed by atoms with E-state index in [0.29, 0.717) is 6.61 Å². The molecule has 4 nitrogen and oxygen atoms in total. The van der Waals surface area contributed by atoms with Crippen LogP contribution < -0.4 is 0 Å². The highest BCUT2D eigenvalue weighted by Crippen LogP contribution is 2.63. The van der Waals surface area contributed by atoms with Gasteiger partial charge in [-0.25, -0.2) is 9.34 Å². The molecular weight excluding hydrogens is 163 g/mol. The van der Waals surface area contributed by atoms with Crippen LogP contribution in [0.5, 0.6) is 0 Å². The first kappa shape index (κ1) is 9.36. The zero-order valence-electron chi connectivity index (χ0n) is 7.32. The van der Waals surface area contributed by atoms with Crippen molar-refractivity contribution in [3.63, 3.8) is 0 Å². The Morgan fingerprint density at radius 2 is 1.82 bits per heavy atom. The molecule has 1 radical (unpaired) electrons. The summed E-state index contributed by atoms with van der Waals surface area (Å²) in [5.74, 6) is 0. The summed E-state index contributed by atoms with van der Waals surface area (Å²) in [7, 11) is 1.46. The summed E-state index contributed by atoms with van der Waals surface area (Å²) in [6.07, 6.45) is 0. The van der Waals surface area contributed by atoms with Gasteiger partial charge in [0.1, 0.15) is 0 Å². The molecule has 1 aliphatic heterocycles. The van der Waals surface area contributed by atoms with E-state index in [4.69, 9.17) is 4.52 Å². The molecule has 0 bridgehead atoms. The Morgan fingerprint density at radius 3 is 2.18 bits per heavy atom. The molecule has 0 saturated carbocycles. The molecule has 5 heteroatoms. The van der Waals surface area contributed by atoms with Crippen molar-refractivity contribution in [2.45, 2.75) is 6.92 Å². The Morgan fingerprint density at radius 1 is 1.36 bits per heavy atom. The lowest BCUT2D eigenvalue weighted by molar-refractivity contribution is 0.243. The summed E-state index contributed by atoms with van der Waals surface area (Å²) in [6, 6.07) is 0. The summed E-state index contributed by atoms with van der Waals surface area (Å²) >= 11 is 0. The molecule has 1 saturated heterocycles. The summed E-state index contributed by atoms with van der Waals surface area (Å²) in [5.41, 5.74) is 0. The van der Waals surface area contributed by atoms with Crippen LogP contribution in [0.2, 0.25) is 0 Å². The Kier molecular flexibility index (Phi) is 2.84. The van der Waals surface area contributed by atoms with Gasteiger partial charge in [0, 0.05) is 13.1 Å². The molecular formula is C6H16N2O2P. The van der Waals surface area contributed by atoms with Crippen LogP contribution in [-0.4, -0.2) is 48.0 Å². The van der Waals surface area contributed by atoms with Crippen LogP contribution in [0.3, 0.4) is 0 Å². The highest BCUT2D eigenvalue weighted by Gasteiger charge is 2.41. The van der Waals surface area contributed by atoms with Crippen LogP contribution >= 0.6 is 8.02 Å². The minimum absolute atomic E-state index is 0.568. The van der Waals surface area contributed by atoms with E-state index in [1.165, 1.54) is 0 Å². The summed E-state index contributed by atoms with van der Waals surface area (Å²) < 4.78 is 9.13. The quantitative estimate of drug-likeness (QED) is 0.629. The van der Waals surface area contributed by atoms with Gasteiger partial charge in [0.15, 0.2) is 0 Å². The molecule has 11 heavy (non-hydrogen) atoms. The number of hydrogen-bond donors (Lipinski definition) is 1. The third-order valence-corrected chi connectivity index (χ3v) is 4.72. The molecule has 0 aliphatic carbocycles. The molecule has 0 amide bonds. The van der Waals surface area contributed by atoms with Crippen molar-refractivity contribution < 1.29 is 9.42 Å². The van der Waals surface area contributed by atoms with E-state index in [1.807, 2.05) is 30.4 Å². The first-order chi connectivity index (χ1) is 5.11. The fourth-order valence-corrected chi connectivity index (χ4v) is 3.14. The highest BCUT2D eigenvalue weighted by atomic mass is 31.2. The van der Waals surface area contributed by atoms with Crippen molar-refractivity contribution in [3.05, 3.63) is 0 Å². The van der Waals surface area contributed by atoms with Gasteiger partial charge in [-0.2, -0.15) is 0 Å². The lowest BCUT2D eigenvalue weighted by atomic mass is 10.6. The number of likely N-dealkylation sites (N-methyl/N-ethyl adjacent to an activating group) is 2. The fraction of sp³-hybridized carbons (Fsp3) is 1.00. The second-order valence-corrected chi connectivity index (χ2v) is 5.34. The van der Waals surface area contributed by atoms with Crippen molar-refractivity contribution in [1.29, 1.82) is 0 Å². The van der Waals surface area contributed by atoms with E-state index in [1.54, 1.807) is 0 Å². The Hall–Kier alpha value is 0.270. The third kappa shape index (κ3) is 1.55. The van der Waals surface area contributed by atoms with Crippen LogP contribution in [-0.2, 0) is 4.52 Å². The molecule has 0 atom stereocenters. The van der Waals surface area contributed by atoms with Crippen molar-refractivity contribution in [2.24, 2.45) is 0 Å². The predicted molar refractivity (Wildman–Crippen MR) is 46.0 cm³/mol. The van der Waals surface area contributed by atoms with Gasteiger partial charge in [-0.3, -0.25) is 0 Å². The van der Waals surface area contributed by atoms with Crippen molar-refractivity contribution in [2.75, 3.05) is 33.8 Å². The van der Waals surface area contributed by atoms with E-state index in [9.17, 15) is 4.89 Å². The molecule has 0 aromatic rings. The number of hydrogen-bond acceptors (Lipinski definition) is 4. The van der Waals surface area contributed by atoms with Gasteiger partial charge in [-0.15, -0.1) is 0 Å². The SMILES string of the molecule is CCO[P]1(O)N(C)CCN1C. The molecule has 1 N–H and O–H groups in total. The molecule has 0 spiro atoms. The van der Waals surface area contributed by atoms with Crippen molar-refractivity contribution in [3.8, 4) is 0 Å². The summed E-state index contributed by atoms with van der Waals surface area (Å²) in [6.45, 7) is 4.25. The molecule has 67 valence electrons. The Bertz CT molecular complexity index is 135. The van der Waals surface area contributed by atoms with Gasteiger partial charge >= 0.3 is 0 Å². The standard InChI is InChI=1S/C6H16N2O2P/c1-4-10-11(9)7(2)5-6-8(11)3/h9H,4-6H2,1-3H3. The smallest absolute Gasteiger partial charge is 0.246 e. The second kappa shape index (κ2) is 3.33. The van der Waals surface area contributed by atoms with Gasteiger partial charge in [-0.05, 0) is 21.0 Å². The largest absolute Gasteiger partial charge is 0.333 e. The molecule has 1 aliphatic rings. The van der Waals surface area contributed by atoms with Gasteiger partial charge in [0.25, 0.3) is 0 Å². The molecule has 0 unspecified atom stereocenters. The maximum absolute atomic E-state index is 9.97. The van der Waals surface area contributed by atoms with E-state index < -0.39 is 8.02 Å². The van der Waals surface area contributed by atoms with E-state index >= 15 is 0 Å². The minimum atomic E-state index is -2.34. The Balaban J connectivity index is 2.63. The summed E-state index contributed by atoms with van der Waals surface area (Å²) in [5, 5.41) is 0. The molecule has 1 rings (SSSR count). The molecule has 1 fully saturated rings. The zero-order valence-corrected chi connectivity index (χ0v) is 8.21. The zero-order chi connectivity index (χ0) is 8.48. The van der Waals surface area contributed by atoms with Crippen molar-refractivity contribution >= 4 is 8.02 Å². The lowest BCUT2D eigenvalue weighted by Gasteiger charge is -2.35. The highest BCUT2D eigenvalue weighted by molar-refractivity contribution is 7.60.